The molecule has 3 rings (SSSR count). The maximum Gasteiger partial charge on any atom is 0.339 e. The van der Waals surface area contributed by atoms with Crippen LogP contribution in [0.4, 0.5) is 4.79 Å². The quantitative estimate of drug-likeness (QED) is 0.602. The minimum Gasteiger partial charge on any atom is -0.460 e. The van der Waals surface area contributed by atoms with Gasteiger partial charge in [0.1, 0.15) is 11.5 Å². The van der Waals surface area contributed by atoms with E-state index in [0.29, 0.717) is 22.4 Å². The van der Waals surface area contributed by atoms with Gasteiger partial charge in [0.15, 0.2) is 12.4 Å². The third-order valence-corrected chi connectivity index (χ3v) is 4.51. The van der Waals surface area contributed by atoms with Crippen molar-refractivity contribution in [3.63, 3.8) is 0 Å². The number of nitrogens with zero attached hydrogens (tertiary/aromatic N) is 1. The van der Waals surface area contributed by atoms with Crippen LogP contribution in [-0.4, -0.2) is 35.5 Å². The average molecular weight is 409 g/mol. The highest BCUT2D eigenvalue weighted by molar-refractivity contribution is 6.05. The second-order valence-electron chi connectivity index (χ2n) is 6.89. The summed E-state index contributed by atoms with van der Waals surface area (Å²) in [4.78, 5) is 40.9. The van der Waals surface area contributed by atoms with Crippen molar-refractivity contribution in [1.82, 2.24) is 15.6 Å². The van der Waals surface area contributed by atoms with Gasteiger partial charge in [-0.1, -0.05) is 25.1 Å². The maximum atomic E-state index is 12.7. The predicted octanol–water partition coefficient (Wildman–Crippen LogP) is 3.58. The number of amides is 3. The lowest BCUT2D eigenvalue weighted by Crippen LogP contribution is -2.44. The number of benzene rings is 1. The van der Waals surface area contributed by atoms with Crippen LogP contribution in [0.1, 0.15) is 36.4 Å². The minimum absolute atomic E-state index is 0.0767. The number of fused-ring (bicyclic) bond motifs is 1. The van der Waals surface area contributed by atoms with Gasteiger partial charge in [-0.25, -0.2) is 14.6 Å². The van der Waals surface area contributed by atoms with Crippen LogP contribution in [-0.2, 0) is 9.53 Å². The van der Waals surface area contributed by atoms with Crippen molar-refractivity contribution >= 4 is 28.8 Å². The van der Waals surface area contributed by atoms with Crippen LogP contribution in [0.15, 0.2) is 46.9 Å². The summed E-state index contributed by atoms with van der Waals surface area (Å²) in [5, 5.41) is 5.32. The van der Waals surface area contributed by atoms with Crippen molar-refractivity contribution in [3.05, 3.63) is 53.8 Å². The van der Waals surface area contributed by atoms with E-state index in [1.54, 1.807) is 36.4 Å². The number of pyridine rings is 1. The number of hydrogen-bond acceptors (Lipinski definition) is 6. The Morgan fingerprint density at radius 2 is 1.93 bits per heavy atom. The van der Waals surface area contributed by atoms with Crippen molar-refractivity contribution in [2.75, 3.05) is 6.61 Å². The number of esters is 1. The first-order chi connectivity index (χ1) is 14.4. The van der Waals surface area contributed by atoms with Crippen molar-refractivity contribution in [2.45, 2.75) is 33.2 Å². The number of furan rings is 1. The van der Waals surface area contributed by atoms with Crippen molar-refractivity contribution in [1.29, 1.82) is 0 Å². The van der Waals surface area contributed by atoms with E-state index in [9.17, 15) is 14.4 Å². The van der Waals surface area contributed by atoms with Gasteiger partial charge in [0.25, 0.3) is 5.91 Å². The number of carbonyl (C=O) groups excluding carboxylic acids is 3. The monoisotopic (exact) mass is 409 g/mol. The van der Waals surface area contributed by atoms with Gasteiger partial charge in [-0.15, -0.1) is 0 Å². The fourth-order valence-electron chi connectivity index (χ4n) is 2.78. The number of para-hydroxylation sites is 1. The topological polar surface area (TPSA) is 111 Å². The number of rotatable bonds is 6. The van der Waals surface area contributed by atoms with Crippen LogP contribution in [0, 0.1) is 6.92 Å². The second kappa shape index (κ2) is 9.21. The molecular formula is C22H23N3O5. The molecular weight excluding hydrogens is 386 g/mol. The molecule has 1 aromatic carbocycles. The molecule has 8 nitrogen and oxygen atoms in total. The van der Waals surface area contributed by atoms with Gasteiger partial charge >= 0.3 is 12.0 Å². The van der Waals surface area contributed by atoms with E-state index in [-0.39, 0.29) is 11.6 Å². The fraction of sp³-hybridized carbons (Fsp3) is 0.273. The average Bonchev–Trinajstić information content (AvgIpc) is 3.17. The van der Waals surface area contributed by atoms with E-state index < -0.39 is 24.5 Å². The molecule has 3 aromatic rings. The molecule has 2 aromatic heterocycles. The third kappa shape index (κ3) is 5.02. The Kier molecular flexibility index (Phi) is 6.46. The van der Waals surface area contributed by atoms with E-state index in [4.69, 9.17) is 9.15 Å². The number of hydrogen-bond donors (Lipinski definition) is 2. The molecule has 0 aliphatic heterocycles. The molecule has 156 valence electrons. The lowest BCUT2D eigenvalue weighted by Gasteiger charge is -2.12. The first kappa shape index (κ1) is 21.0. The standard InChI is InChI=1S/C22H23N3O5/c1-4-13(2)23-22(28)25-20(26)12-29-21(27)16-11-18(19-10-9-14(3)30-19)24-17-8-6-5-7-15(16)17/h5-11,13H,4,12H2,1-3H3,(H2,23,25,26,28)/t13-/m1/s1. The zero-order valence-corrected chi connectivity index (χ0v) is 17.0. The smallest absolute Gasteiger partial charge is 0.339 e. The number of imide groups is 1. The Balaban J connectivity index is 1.76. The van der Waals surface area contributed by atoms with E-state index in [0.717, 1.165) is 12.2 Å². The lowest BCUT2D eigenvalue weighted by molar-refractivity contribution is -0.123. The molecule has 3 amide bonds. The summed E-state index contributed by atoms with van der Waals surface area (Å²) in [6, 6.07) is 11.5. The summed E-state index contributed by atoms with van der Waals surface area (Å²) in [6.45, 7) is 4.96. The molecule has 0 saturated heterocycles. The normalized spacial score (nSPS) is 11.7. The van der Waals surface area contributed by atoms with Gasteiger partial charge < -0.3 is 14.5 Å². The second-order valence-corrected chi connectivity index (χ2v) is 6.89. The molecule has 0 spiro atoms. The fourth-order valence-corrected chi connectivity index (χ4v) is 2.78. The minimum atomic E-state index is -0.718. The molecule has 0 aliphatic carbocycles. The molecule has 30 heavy (non-hydrogen) atoms. The summed E-state index contributed by atoms with van der Waals surface area (Å²) >= 11 is 0. The van der Waals surface area contributed by atoms with E-state index in [2.05, 4.69) is 15.6 Å². The number of ether oxygens (including phenoxy) is 1. The molecule has 1 atom stereocenters. The molecule has 0 bridgehead atoms. The van der Waals surface area contributed by atoms with E-state index in [1.165, 1.54) is 0 Å². The highest BCUT2D eigenvalue weighted by atomic mass is 16.5. The third-order valence-electron chi connectivity index (χ3n) is 4.51. The van der Waals surface area contributed by atoms with Gasteiger partial charge in [0.05, 0.1) is 11.1 Å². The van der Waals surface area contributed by atoms with Crippen LogP contribution >= 0.6 is 0 Å². The zero-order valence-electron chi connectivity index (χ0n) is 17.0. The summed E-state index contributed by atoms with van der Waals surface area (Å²) in [5.41, 5.74) is 1.32. The van der Waals surface area contributed by atoms with E-state index in [1.807, 2.05) is 26.8 Å². The molecule has 0 radical (unpaired) electrons. The molecule has 0 fully saturated rings. The summed E-state index contributed by atoms with van der Waals surface area (Å²) in [6.07, 6.45) is 0.725. The summed E-state index contributed by atoms with van der Waals surface area (Å²) in [5.74, 6) is -0.178. The molecule has 2 heterocycles. The predicted molar refractivity (Wildman–Crippen MR) is 111 cm³/mol. The van der Waals surface area contributed by atoms with E-state index >= 15 is 0 Å². The first-order valence-electron chi connectivity index (χ1n) is 9.61. The molecule has 0 aliphatic rings. The molecule has 0 unspecified atom stereocenters. The highest BCUT2D eigenvalue weighted by Gasteiger charge is 2.18. The number of urea groups is 1. The largest absolute Gasteiger partial charge is 0.460 e. The highest BCUT2D eigenvalue weighted by Crippen LogP contribution is 2.26. The molecule has 0 saturated carbocycles. The van der Waals surface area contributed by atoms with Crippen LogP contribution in [0.2, 0.25) is 0 Å². The zero-order chi connectivity index (χ0) is 21.7. The van der Waals surface area contributed by atoms with Crippen molar-refractivity contribution < 1.29 is 23.5 Å². The number of carbonyl (C=O) groups is 3. The Hall–Kier alpha value is -3.68. The van der Waals surface area contributed by atoms with Crippen LogP contribution in [0.5, 0.6) is 0 Å². The number of nitrogens with one attached hydrogen (secondary N) is 2. The van der Waals surface area contributed by atoms with Crippen LogP contribution < -0.4 is 10.6 Å². The van der Waals surface area contributed by atoms with Crippen LogP contribution in [0.25, 0.3) is 22.4 Å². The molecule has 2 N–H and O–H groups in total. The van der Waals surface area contributed by atoms with Gasteiger partial charge in [-0.2, -0.15) is 0 Å². The Labute approximate surface area is 173 Å². The summed E-state index contributed by atoms with van der Waals surface area (Å²) in [7, 11) is 0. The molecule has 8 heteroatoms. The van der Waals surface area contributed by atoms with Gasteiger partial charge in [0.2, 0.25) is 0 Å². The Morgan fingerprint density at radius 1 is 1.17 bits per heavy atom. The summed E-state index contributed by atoms with van der Waals surface area (Å²) < 4.78 is 10.7. The van der Waals surface area contributed by atoms with Gasteiger partial charge in [-0.3, -0.25) is 10.1 Å². The SMILES string of the molecule is CC[C@@H](C)NC(=O)NC(=O)COC(=O)c1cc(-c2ccc(C)o2)nc2ccccc12. The number of aryl methyl sites for hydroxylation is 1. The Morgan fingerprint density at radius 3 is 2.63 bits per heavy atom. The van der Waals surface area contributed by atoms with Gasteiger partial charge in [-0.05, 0) is 44.5 Å². The van der Waals surface area contributed by atoms with Crippen molar-refractivity contribution in [2.24, 2.45) is 0 Å². The number of aromatic nitrogens is 1. The Bertz CT molecular complexity index is 1090. The first-order valence-corrected chi connectivity index (χ1v) is 9.61. The van der Waals surface area contributed by atoms with Crippen molar-refractivity contribution in [3.8, 4) is 11.5 Å². The lowest BCUT2D eigenvalue weighted by atomic mass is 10.1. The maximum absolute atomic E-state index is 12.7. The van der Waals surface area contributed by atoms with Gasteiger partial charge in [0, 0.05) is 11.4 Å². The van der Waals surface area contributed by atoms with Crippen LogP contribution in [0.3, 0.4) is 0 Å².